The largest absolute Gasteiger partial charge is 0.353 e. The number of benzene rings is 1. The number of hydrogen-bond acceptors (Lipinski definition) is 4. The van der Waals surface area contributed by atoms with Gasteiger partial charge in [0.25, 0.3) is 11.8 Å². The molecule has 1 heterocycles. The van der Waals surface area contributed by atoms with Crippen molar-refractivity contribution in [2.24, 2.45) is 0 Å². The molecule has 0 unspecified atom stereocenters. The van der Waals surface area contributed by atoms with E-state index in [4.69, 9.17) is 0 Å². The average molecular weight is 387 g/mol. The van der Waals surface area contributed by atoms with Gasteiger partial charge in [-0.25, -0.2) is 21.9 Å². The van der Waals surface area contributed by atoms with Gasteiger partial charge in [-0.15, -0.1) is 0 Å². The highest BCUT2D eigenvalue weighted by molar-refractivity contribution is 7.90. The maximum Gasteiger partial charge on any atom is 0.254 e. The molecule has 1 aromatic carbocycles. The van der Waals surface area contributed by atoms with E-state index in [1.807, 2.05) is 0 Å². The van der Waals surface area contributed by atoms with Crippen LogP contribution in [-0.2, 0) is 21.4 Å². The summed E-state index contributed by atoms with van der Waals surface area (Å²) in [6, 6.07) is 6.29. The van der Waals surface area contributed by atoms with Crippen LogP contribution in [0.25, 0.3) is 0 Å². The van der Waals surface area contributed by atoms with Gasteiger partial charge in [-0.2, -0.15) is 0 Å². The molecule has 2 N–H and O–H groups in total. The van der Waals surface area contributed by atoms with Gasteiger partial charge >= 0.3 is 0 Å². The fraction of sp³-hybridized carbons (Fsp3) is 0.500. The van der Waals surface area contributed by atoms with Crippen molar-refractivity contribution < 1.29 is 26.8 Å². The van der Waals surface area contributed by atoms with Gasteiger partial charge in [-0.1, -0.05) is 12.1 Å². The molecule has 0 bridgehead atoms. The molecule has 2 aliphatic rings. The maximum absolute atomic E-state index is 12.8. The Labute approximate surface area is 149 Å². The summed E-state index contributed by atoms with van der Waals surface area (Å²) >= 11 is 0. The number of rotatable bonds is 5. The molecule has 1 aliphatic heterocycles. The predicted molar refractivity (Wildman–Crippen MR) is 89.1 cm³/mol. The zero-order chi connectivity index (χ0) is 18.9. The smallest absolute Gasteiger partial charge is 0.254 e. The van der Waals surface area contributed by atoms with Crippen LogP contribution in [0.2, 0.25) is 0 Å². The first kappa shape index (κ1) is 18.7. The molecule has 1 saturated heterocycles. The van der Waals surface area contributed by atoms with Gasteiger partial charge in [0, 0.05) is 38.0 Å². The van der Waals surface area contributed by atoms with Crippen molar-refractivity contribution in [2.45, 2.75) is 30.6 Å². The molecule has 2 amide bonds. The van der Waals surface area contributed by atoms with Crippen molar-refractivity contribution in [3.8, 4) is 0 Å². The Kier molecular flexibility index (Phi) is 4.98. The number of carbonyl (C=O) groups excluding carboxylic acids is 2. The van der Waals surface area contributed by atoms with E-state index in [9.17, 15) is 26.8 Å². The van der Waals surface area contributed by atoms with E-state index in [1.165, 1.54) is 4.90 Å². The van der Waals surface area contributed by atoms with Crippen LogP contribution in [0, 0.1) is 0 Å². The summed E-state index contributed by atoms with van der Waals surface area (Å²) in [5.41, 5.74) is 0.998. The second kappa shape index (κ2) is 6.92. The molecule has 0 spiro atoms. The summed E-state index contributed by atoms with van der Waals surface area (Å²) in [5, 5.41) is 1.57. The molecule has 1 aliphatic carbocycles. The van der Waals surface area contributed by atoms with Crippen LogP contribution < -0.4 is 10.0 Å². The number of amides is 2. The minimum absolute atomic E-state index is 0.00636. The maximum atomic E-state index is 12.8. The van der Waals surface area contributed by atoms with E-state index >= 15 is 0 Å². The van der Waals surface area contributed by atoms with Crippen LogP contribution in [0.1, 0.15) is 28.8 Å². The van der Waals surface area contributed by atoms with E-state index in [-0.39, 0.29) is 24.9 Å². The van der Waals surface area contributed by atoms with Crippen LogP contribution in [-0.4, -0.2) is 55.9 Å². The Bertz CT molecular complexity index is 803. The lowest BCUT2D eigenvalue weighted by molar-refractivity contribution is -0.123. The van der Waals surface area contributed by atoms with Crippen molar-refractivity contribution >= 4 is 21.8 Å². The van der Waals surface area contributed by atoms with Crippen LogP contribution in [0.4, 0.5) is 8.78 Å². The second-order valence-electron chi connectivity index (χ2n) is 6.53. The van der Waals surface area contributed by atoms with Gasteiger partial charge < -0.3 is 10.2 Å². The van der Waals surface area contributed by atoms with E-state index in [0.717, 1.165) is 0 Å². The van der Waals surface area contributed by atoms with Gasteiger partial charge in [0.2, 0.25) is 15.9 Å². The normalized spacial score (nSPS) is 20.4. The lowest BCUT2D eigenvalue weighted by Crippen LogP contribution is -2.49. The van der Waals surface area contributed by atoms with Crippen LogP contribution in [0.5, 0.6) is 0 Å². The molecule has 142 valence electrons. The lowest BCUT2D eigenvalue weighted by Gasteiger charge is -2.34. The van der Waals surface area contributed by atoms with Crippen molar-refractivity contribution in [1.29, 1.82) is 0 Å². The molecule has 3 rings (SSSR count). The molecule has 1 saturated carbocycles. The summed E-state index contributed by atoms with van der Waals surface area (Å²) in [6.07, 6.45) is -1.31. The number of carbonyl (C=O) groups is 2. The Hall–Kier alpha value is -2.07. The number of hydrogen-bond donors (Lipinski definition) is 2. The molecule has 10 heteroatoms. The predicted octanol–water partition coefficient (Wildman–Crippen LogP) is 0.476. The van der Waals surface area contributed by atoms with Crippen molar-refractivity contribution in [3.05, 3.63) is 35.4 Å². The first-order valence-electron chi connectivity index (χ1n) is 8.17. The summed E-state index contributed by atoms with van der Waals surface area (Å²) in [7, 11) is -3.79. The van der Waals surface area contributed by atoms with Crippen molar-refractivity contribution in [3.63, 3.8) is 0 Å². The molecule has 0 aromatic heterocycles. The average Bonchev–Trinajstić information content (AvgIpc) is 2.58. The van der Waals surface area contributed by atoms with E-state index < -0.39 is 34.0 Å². The SMILES string of the molecule is O=C1CN(C(=O)c2ccc(CNS(=O)(=O)C3CC(F)(F)C3)cc2)CCN1. The Morgan fingerprint density at radius 1 is 1.27 bits per heavy atom. The van der Waals surface area contributed by atoms with Gasteiger partial charge in [0.05, 0.1) is 11.8 Å². The van der Waals surface area contributed by atoms with Crippen molar-refractivity contribution in [1.82, 2.24) is 14.9 Å². The summed E-state index contributed by atoms with van der Waals surface area (Å²) < 4.78 is 51.9. The topological polar surface area (TPSA) is 95.6 Å². The molecule has 0 atom stereocenters. The monoisotopic (exact) mass is 387 g/mol. The van der Waals surface area contributed by atoms with Crippen LogP contribution in [0.15, 0.2) is 24.3 Å². The zero-order valence-corrected chi connectivity index (χ0v) is 14.7. The standard InChI is InChI=1S/C16H19F2N3O4S/c17-16(18)7-13(8-16)26(24,25)20-9-11-1-3-12(4-2-11)15(23)21-6-5-19-14(22)10-21/h1-4,13,20H,5-10H2,(H,19,22). The number of nitrogens with one attached hydrogen (secondary N) is 2. The van der Waals surface area contributed by atoms with E-state index in [0.29, 0.717) is 24.2 Å². The fourth-order valence-corrected chi connectivity index (χ4v) is 4.42. The highest BCUT2D eigenvalue weighted by Crippen LogP contribution is 2.41. The van der Waals surface area contributed by atoms with Crippen LogP contribution >= 0.6 is 0 Å². The van der Waals surface area contributed by atoms with Gasteiger partial charge in [0.15, 0.2) is 0 Å². The highest BCUT2D eigenvalue weighted by atomic mass is 32.2. The summed E-state index contributed by atoms with van der Waals surface area (Å²) in [4.78, 5) is 25.1. The van der Waals surface area contributed by atoms with E-state index in [1.54, 1.807) is 24.3 Å². The summed E-state index contributed by atoms with van der Waals surface area (Å²) in [6.45, 7) is 0.806. The second-order valence-corrected chi connectivity index (χ2v) is 8.57. The minimum atomic E-state index is -3.79. The van der Waals surface area contributed by atoms with Crippen LogP contribution in [0.3, 0.4) is 0 Å². The molecular formula is C16H19F2N3O4S. The Morgan fingerprint density at radius 3 is 2.50 bits per heavy atom. The minimum Gasteiger partial charge on any atom is -0.353 e. The fourth-order valence-electron chi connectivity index (χ4n) is 2.89. The van der Waals surface area contributed by atoms with Gasteiger partial charge in [-0.05, 0) is 17.7 Å². The third-order valence-electron chi connectivity index (χ3n) is 4.50. The number of alkyl halides is 2. The lowest BCUT2D eigenvalue weighted by atomic mass is 9.94. The zero-order valence-electron chi connectivity index (χ0n) is 13.9. The third-order valence-corrected chi connectivity index (χ3v) is 6.25. The number of sulfonamides is 1. The first-order valence-corrected chi connectivity index (χ1v) is 9.72. The van der Waals surface area contributed by atoms with Gasteiger partial charge in [0.1, 0.15) is 0 Å². The summed E-state index contributed by atoms with van der Waals surface area (Å²) in [5.74, 6) is -3.38. The molecular weight excluding hydrogens is 368 g/mol. The molecule has 7 nitrogen and oxygen atoms in total. The quantitative estimate of drug-likeness (QED) is 0.768. The van der Waals surface area contributed by atoms with Crippen molar-refractivity contribution in [2.75, 3.05) is 19.6 Å². The number of halogens is 2. The molecule has 0 radical (unpaired) electrons. The third kappa shape index (κ3) is 4.18. The van der Waals surface area contributed by atoms with Gasteiger partial charge in [-0.3, -0.25) is 9.59 Å². The van der Waals surface area contributed by atoms with E-state index in [2.05, 4.69) is 10.0 Å². The highest BCUT2D eigenvalue weighted by Gasteiger charge is 2.51. The molecule has 26 heavy (non-hydrogen) atoms. The molecule has 1 aromatic rings. The Balaban J connectivity index is 1.56. The number of piperazine rings is 1. The Morgan fingerprint density at radius 2 is 1.92 bits per heavy atom. The number of nitrogens with zero attached hydrogens (tertiary/aromatic N) is 1. The first-order chi connectivity index (χ1) is 12.2. The molecule has 2 fully saturated rings.